The van der Waals surface area contributed by atoms with Crippen molar-refractivity contribution in [3.8, 4) is 6.07 Å². The number of nitrogens with one attached hydrogen (secondary N) is 1. The van der Waals surface area contributed by atoms with Crippen molar-refractivity contribution >= 4 is 11.8 Å². The van der Waals surface area contributed by atoms with E-state index in [2.05, 4.69) is 5.32 Å². The van der Waals surface area contributed by atoms with Crippen LogP contribution in [0.4, 0.5) is 0 Å². The molecule has 0 aromatic heterocycles. The molecule has 5 nitrogen and oxygen atoms in total. The first-order valence-corrected chi connectivity index (χ1v) is 5.85. The highest BCUT2D eigenvalue weighted by molar-refractivity contribution is 5.87. The molecule has 96 valence electrons. The van der Waals surface area contributed by atoms with E-state index in [9.17, 15) is 9.59 Å². The van der Waals surface area contributed by atoms with E-state index in [4.69, 9.17) is 5.26 Å². The number of carbonyl (C=O) groups is 2. The van der Waals surface area contributed by atoms with Crippen LogP contribution in [0.15, 0.2) is 0 Å². The van der Waals surface area contributed by atoms with E-state index in [0.717, 1.165) is 6.42 Å². The topological polar surface area (TPSA) is 73.2 Å². The first-order valence-electron chi connectivity index (χ1n) is 5.85. The zero-order valence-electron chi connectivity index (χ0n) is 11.0. The Morgan fingerprint density at radius 3 is 2.41 bits per heavy atom. The van der Waals surface area contributed by atoms with Crippen LogP contribution in [0.3, 0.4) is 0 Å². The summed E-state index contributed by atoms with van der Waals surface area (Å²) < 4.78 is 0. The molecule has 0 aliphatic heterocycles. The highest BCUT2D eigenvalue weighted by Crippen LogP contribution is 2.12. The molecule has 0 spiro atoms. The van der Waals surface area contributed by atoms with Gasteiger partial charge in [-0.2, -0.15) is 5.26 Å². The molecule has 5 heteroatoms. The number of likely N-dealkylation sites (N-methyl/N-ethyl adjacent to an activating group) is 1. The Morgan fingerprint density at radius 2 is 2.00 bits per heavy atom. The Balaban J connectivity index is 4.31. The van der Waals surface area contributed by atoms with Gasteiger partial charge in [-0.1, -0.05) is 20.8 Å². The van der Waals surface area contributed by atoms with E-state index >= 15 is 0 Å². The zero-order valence-corrected chi connectivity index (χ0v) is 11.0. The summed E-state index contributed by atoms with van der Waals surface area (Å²) in [7, 11) is 1.54. The molecule has 1 atom stereocenters. The van der Waals surface area contributed by atoms with Crippen LogP contribution >= 0.6 is 0 Å². The number of hydrogen-bond donors (Lipinski definition) is 1. The molecular formula is C12H21N3O2. The van der Waals surface area contributed by atoms with Gasteiger partial charge in [0.1, 0.15) is 5.92 Å². The van der Waals surface area contributed by atoms with Crippen molar-refractivity contribution in [3.63, 3.8) is 0 Å². The first kappa shape index (κ1) is 15.4. The smallest absolute Gasteiger partial charge is 0.240 e. The van der Waals surface area contributed by atoms with Crippen LogP contribution in [0.2, 0.25) is 0 Å². The van der Waals surface area contributed by atoms with Gasteiger partial charge >= 0.3 is 0 Å². The van der Waals surface area contributed by atoms with Crippen molar-refractivity contribution in [2.24, 2.45) is 11.8 Å². The fraction of sp³-hybridized carbons (Fsp3) is 0.750. The fourth-order valence-corrected chi connectivity index (χ4v) is 1.34. The molecule has 2 amide bonds. The van der Waals surface area contributed by atoms with Gasteiger partial charge in [-0.25, -0.2) is 0 Å². The Labute approximate surface area is 103 Å². The van der Waals surface area contributed by atoms with Gasteiger partial charge in [-0.3, -0.25) is 9.59 Å². The molecule has 0 heterocycles. The second-order valence-electron chi connectivity index (χ2n) is 4.40. The molecule has 0 rings (SSSR count). The fourth-order valence-electron chi connectivity index (χ4n) is 1.34. The summed E-state index contributed by atoms with van der Waals surface area (Å²) in [5.74, 6) is -1.22. The van der Waals surface area contributed by atoms with Gasteiger partial charge in [0.05, 0.1) is 12.6 Å². The Kier molecular flexibility index (Phi) is 6.95. The van der Waals surface area contributed by atoms with Gasteiger partial charge in [0.15, 0.2) is 0 Å². The summed E-state index contributed by atoms with van der Waals surface area (Å²) in [6, 6.07) is 1.98. The third kappa shape index (κ3) is 5.34. The molecule has 1 unspecified atom stereocenters. The van der Waals surface area contributed by atoms with E-state index in [1.807, 2.05) is 26.8 Å². The summed E-state index contributed by atoms with van der Waals surface area (Å²) in [6.07, 6.45) is 0.857. The molecule has 0 aliphatic carbocycles. The zero-order chi connectivity index (χ0) is 13.4. The van der Waals surface area contributed by atoms with Crippen molar-refractivity contribution in [2.45, 2.75) is 27.2 Å². The van der Waals surface area contributed by atoms with Gasteiger partial charge < -0.3 is 10.2 Å². The first-order chi connectivity index (χ1) is 7.93. The van der Waals surface area contributed by atoms with Crippen LogP contribution in [0, 0.1) is 23.2 Å². The summed E-state index contributed by atoms with van der Waals surface area (Å²) in [5.41, 5.74) is 0. The SMILES string of the molecule is CCCNC(=O)CN(C)C(=O)C(C#N)C(C)C. The molecule has 17 heavy (non-hydrogen) atoms. The van der Waals surface area contributed by atoms with Gasteiger partial charge in [0, 0.05) is 13.6 Å². The van der Waals surface area contributed by atoms with Crippen LogP contribution in [-0.2, 0) is 9.59 Å². The van der Waals surface area contributed by atoms with Gasteiger partial charge in [0.25, 0.3) is 0 Å². The molecular weight excluding hydrogens is 218 g/mol. The van der Waals surface area contributed by atoms with Crippen LogP contribution in [0.25, 0.3) is 0 Å². The van der Waals surface area contributed by atoms with Crippen LogP contribution in [0.1, 0.15) is 27.2 Å². The van der Waals surface area contributed by atoms with Gasteiger partial charge in [-0.05, 0) is 12.3 Å². The molecule has 0 saturated heterocycles. The highest BCUT2D eigenvalue weighted by Gasteiger charge is 2.25. The second-order valence-corrected chi connectivity index (χ2v) is 4.40. The van der Waals surface area contributed by atoms with Crippen LogP contribution < -0.4 is 5.32 Å². The predicted molar refractivity (Wildman–Crippen MR) is 64.9 cm³/mol. The predicted octanol–water partition coefficient (Wildman–Crippen LogP) is 0.767. The van der Waals surface area contributed by atoms with Gasteiger partial charge in [-0.15, -0.1) is 0 Å². The minimum absolute atomic E-state index is 0.00370. The van der Waals surface area contributed by atoms with E-state index < -0.39 is 5.92 Å². The van der Waals surface area contributed by atoms with E-state index in [-0.39, 0.29) is 24.3 Å². The number of rotatable bonds is 6. The lowest BCUT2D eigenvalue weighted by Gasteiger charge is -2.21. The molecule has 0 aromatic rings. The molecule has 0 bridgehead atoms. The lowest BCUT2D eigenvalue weighted by Crippen LogP contribution is -2.41. The molecule has 0 aromatic carbocycles. The number of nitrogens with zero attached hydrogens (tertiary/aromatic N) is 2. The van der Waals surface area contributed by atoms with E-state index in [1.165, 1.54) is 4.90 Å². The minimum Gasteiger partial charge on any atom is -0.355 e. The Bertz CT molecular complexity index is 307. The third-order valence-corrected chi connectivity index (χ3v) is 2.40. The molecule has 0 fully saturated rings. The highest BCUT2D eigenvalue weighted by atomic mass is 16.2. The lowest BCUT2D eigenvalue weighted by atomic mass is 9.96. The summed E-state index contributed by atoms with van der Waals surface area (Å²) in [6.45, 7) is 6.20. The lowest BCUT2D eigenvalue weighted by molar-refractivity contribution is -0.137. The van der Waals surface area contributed by atoms with Crippen LogP contribution in [0.5, 0.6) is 0 Å². The molecule has 0 aliphatic rings. The normalized spacial score (nSPS) is 11.8. The standard InChI is InChI=1S/C12H21N3O2/c1-5-6-14-11(16)8-15(4)12(17)10(7-13)9(2)3/h9-10H,5-6,8H2,1-4H3,(H,14,16). The minimum atomic E-state index is -0.682. The number of nitriles is 1. The number of amides is 2. The largest absolute Gasteiger partial charge is 0.355 e. The maximum Gasteiger partial charge on any atom is 0.240 e. The average Bonchev–Trinajstić information content (AvgIpc) is 2.26. The third-order valence-electron chi connectivity index (χ3n) is 2.40. The van der Waals surface area contributed by atoms with Crippen molar-refractivity contribution in [3.05, 3.63) is 0 Å². The maximum absolute atomic E-state index is 11.8. The number of hydrogen-bond acceptors (Lipinski definition) is 3. The maximum atomic E-state index is 11.8. The Morgan fingerprint density at radius 1 is 1.41 bits per heavy atom. The molecule has 0 radical (unpaired) electrons. The van der Waals surface area contributed by atoms with E-state index in [1.54, 1.807) is 7.05 Å². The van der Waals surface area contributed by atoms with Crippen molar-refractivity contribution < 1.29 is 9.59 Å². The van der Waals surface area contributed by atoms with E-state index in [0.29, 0.717) is 6.54 Å². The van der Waals surface area contributed by atoms with Crippen molar-refractivity contribution in [2.75, 3.05) is 20.1 Å². The summed E-state index contributed by atoms with van der Waals surface area (Å²) in [5, 5.41) is 11.6. The van der Waals surface area contributed by atoms with Crippen molar-refractivity contribution in [1.29, 1.82) is 5.26 Å². The monoisotopic (exact) mass is 239 g/mol. The molecule has 1 N–H and O–H groups in total. The van der Waals surface area contributed by atoms with Crippen LogP contribution in [-0.4, -0.2) is 36.9 Å². The van der Waals surface area contributed by atoms with Gasteiger partial charge in [0.2, 0.25) is 11.8 Å². The Hall–Kier alpha value is -1.57. The quantitative estimate of drug-likeness (QED) is 0.744. The summed E-state index contributed by atoms with van der Waals surface area (Å²) >= 11 is 0. The number of carbonyl (C=O) groups excluding carboxylic acids is 2. The molecule has 0 saturated carbocycles. The summed E-state index contributed by atoms with van der Waals surface area (Å²) in [4.78, 5) is 24.6. The average molecular weight is 239 g/mol. The second kappa shape index (κ2) is 7.66. The van der Waals surface area contributed by atoms with Crippen molar-refractivity contribution in [1.82, 2.24) is 10.2 Å².